The van der Waals surface area contributed by atoms with E-state index < -0.39 is 0 Å². The van der Waals surface area contributed by atoms with Crippen LogP contribution in [0.5, 0.6) is 0 Å². The van der Waals surface area contributed by atoms with Crippen LogP contribution in [0.15, 0.2) is 23.0 Å². The minimum absolute atomic E-state index is 0.460. The predicted octanol–water partition coefficient (Wildman–Crippen LogP) is 1.42. The molecule has 0 bridgehead atoms. The van der Waals surface area contributed by atoms with Gasteiger partial charge in [-0.2, -0.15) is 0 Å². The zero-order valence-corrected chi connectivity index (χ0v) is 6.74. The van der Waals surface area contributed by atoms with Gasteiger partial charge in [-0.1, -0.05) is 16.4 Å². The van der Waals surface area contributed by atoms with Crippen molar-refractivity contribution in [3.8, 4) is 0 Å². The zero-order chi connectivity index (χ0) is 8.69. The molecule has 0 spiro atoms. The molecule has 0 radical (unpaired) electrons. The molecule has 4 heteroatoms. The average Bonchev–Trinajstić information content (AvgIpc) is 2.00. The van der Waals surface area contributed by atoms with Crippen LogP contribution < -0.4 is 0 Å². The first-order valence-electron chi connectivity index (χ1n) is 3.16. The average molecular weight is 156 g/mol. The molecule has 0 aliphatic carbocycles. The SMILES string of the molecule is C=CCC(=NO)C(C)=NOC. The van der Waals surface area contributed by atoms with E-state index in [0.29, 0.717) is 17.8 Å². The molecule has 0 aliphatic rings. The largest absolute Gasteiger partial charge is 0.411 e. The molecule has 4 nitrogen and oxygen atoms in total. The third-order valence-electron chi connectivity index (χ3n) is 1.10. The van der Waals surface area contributed by atoms with E-state index >= 15 is 0 Å². The maximum absolute atomic E-state index is 8.46. The number of rotatable bonds is 4. The van der Waals surface area contributed by atoms with Gasteiger partial charge in [0.15, 0.2) is 0 Å². The fourth-order valence-electron chi connectivity index (χ4n) is 0.587. The summed E-state index contributed by atoms with van der Waals surface area (Å²) in [4.78, 5) is 4.49. The second-order valence-electron chi connectivity index (χ2n) is 1.90. The van der Waals surface area contributed by atoms with E-state index in [4.69, 9.17) is 5.21 Å². The minimum atomic E-state index is 0.460. The molecular formula is C7H12N2O2. The number of oxime groups is 2. The van der Waals surface area contributed by atoms with Gasteiger partial charge >= 0.3 is 0 Å². The van der Waals surface area contributed by atoms with Gasteiger partial charge in [0.2, 0.25) is 0 Å². The van der Waals surface area contributed by atoms with E-state index in [1.807, 2.05) is 0 Å². The van der Waals surface area contributed by atoms with Crippen molar-refractivity contribution in [1.29, 1.82) is 0 Å². The van der Waals surface area contributed by atoms with Gasteiger partial charge in [-0.25, -0.2) is 0 Å². The van der Waals surface area contributed by atoms with Crippen LogP contribution >= 0.6 is 0 Å². The first-order valence-corrected chi connectivity index (χ1v) is 3.16. The van der Waals surface area contributed by atoms with E-state index in [1.165, 1.54) is 7.11 Å². The molecule has 62 valence electrons. The highest BCUT2D eigenvalue weighted by atomic mass is 16.6. The highest BCUT2D eigenvalue weighted by Gasteiger charge is 2.01. The molecule has 0 aromatic carbocycles. The Bertz CT molecular complexity index is 185. The molecule has 0 aliphatic heterocycles. The number of nitrogens with zero attached hydrogens (tertiary/aromatic N) is 2. The lowest BCUT2D eigenvalue weighted by atomic mass is 10.2. The van der Waals surface area contributed by atoms with Crippen LogP contribution in [-0.4, -0.2) is 23.7 Å². The Morgan fingerprint density at radius 2 is 2.36 bits per heavy atom. The van der Waals surface area contributed by atoms with E-state index in [1.54, 1.807) is 13.0 Å². The van der Waals surface area contributed by atoms with Gasteiger partial charge in [0.05, 0.1) is 0 Å². The highest BCUT2D eigenvalue weighted by molar-refractivity contribution is 6.41. The Balaban J connectivity index is 4.26. The van der Waals surface area contributed by atoms with Gasteiger partial charge in [0, 0.05) is 6.42 Å². The summed E-state index contributed by atoms with van der Waals surface area (Å²) in [7, 11) is 1.44. The van der Waals surface area contributed by atoms with Crippen LogP contribution in [0.25, 0.3) is 0 Å². The van der Waals surface area contributed by atoms with Crippen molar-refractivity contribution in [1.82, 2.24) is 0 Å². The van der Waals surface area contributed by atoms with Crippen LogP contribution in [0.2, 0.25) is 0 Å². The van der Waals surface area contributed by atoms with Crippen molar-refractivity contribution < 1.29 is 10.0 Å². The van der Waals surface area contributed by atoms with Crippen LogP contribution in [0.3, 0.4) is 0 Å². The summed E-state index contributed by atoms with van der Waals surface area (Å²) >= 11 is 0. The van der Waals surface area contributed by atoms with Crippen LogP contribution in [0, 0.1) is 0 Å². The first kappa shape index (κ1) is 9.68. The fourth-order valence-corrected chi connectivity index (χ4v) is 0.587. The van der Waals surface area contributed by atoms with Gasteiger partial charge < -0.3 is 10.0 Å². The Hall–Kier alpha value is -1.32. The smallest absolute Gasteiger partial charge is 0.108 e. The topological polar surface area (TPSA) is 54.2 Å². The maximum atomic E-state index is 8.46. The fraction of sp³-hybridized carbons (Fsp3) is 0.429. The van der Waals surface area contributed by atoms with Crippen LogP contribution in [0.1, 0.15) is 13.3 Å². The monoisotopic (exact) mass is 156 g/mol. The van der Waals surface area contributed by atoms with Crippen molar-refractivity contribution in [2.45, 2.75) is 13.3 Å². The third-order valence-corrected chi connectivity index (χ3v) is 1.10. The summed E-state index contributed by atoms with van der Waals surface area (Å²) in [6, 6.07) is 0. The summed E-state index contributed by atoms with van der Waals surface area (Å²) in [5.74, 6) is 0. The molecule has 0 aromatic rings. The molecule has 0 saturated carbocycles. The highest BCUT2D eigenvalue weighted by Crippen LogP contribution is 1.91. The molecule has 0 amide bonds. The quantitative estimate of drug-likeness (QED) is 0.289. The molecule has 0 atom stereocenters. The van der Waals surface area contributed by atoms with Gasteiger partial charge in [-0.3, -0.25) is 0 Å². The Labute approximate surface area is 65.8 Å². The summed E-state index contributed by atoms with van der Waals surface area (Å²) in [5, 5.41) is 15.1. The van der Waals surface area contributed by atoms with E-state index in [2.05, 4.69) is 21.7 Å². The summed E-state index contributed by atoms with van der Waals surface area (Å²) in [6.45, 7) is 5.20. The van der Waals surface area contributed by atoms with E-state index in [0.717, 1.165) is 0 Å². The first-order chi connectivity index (χ1) is 5.26. The third kappa shape index (κ3) is 3.40. The van der Waals surface area contributed by atoms with E-state index in [-0.39, 0.29) is 0 Å². The summed E-state index contributed by atoms with van der Waals surface area (Å²) < 4.78 is 0. The minimum Gasteiger partial charge on any atom is -0.411 e. The Kier molecular flexibility index (Phi) is 4.81. The Morgan fingerprint density at radius 1 is 1.73 bits per heavy atom. The second-order valence-corrected chi connectivity index (χ2v) is 1.90. The number of hydrogen-bond donors (Lipinski definition) is 1. The van der Waals surface area contributed by atoms with Crippen molar-refractivity contribution in [2.75, 3.05) is 7.11 Å². The molecule has 0 fully saturated rings. The number of allylic oxidation sites excluding steroid dienone is 1. The molecule has 0 heterocycles. The second kappa shape index (κ2) is 5.46. The van der Waals surface area contributed by atoms with Crippen LogP contribution in [-0.2, 0) is 4.84 Å². The molecule has 0 saturated heterocycles. The molecule has 0 rings (SSSR count). The van der Waals surface area contributed by atoms with Crippen molar-refractivity contribution >= 4 is 11.4 Å². The zero-order valence-electron chi connectivity index (χ0n) is 6.74. The van der Waals surface area contributed by atoms with Crippen molar-refractivity contribution in [2.24, 2.45) is 10.3 Å². The molecule has 0 aromatic heterocycles. The maximum Gasteiger partial charge on any atom is 0.108 e. The lowest BCUT2D eigenvalue weighted by molar-refractivity contribution is 0.214. The van der Waals surface area contributed by atoms with Gasteiger partial charge in [-0.15, -0.1) is 6.58 Å². The molecule has 11 heavy (non-hydrogen) atoms. The molecule has 0 unspecified atom stereocenters. The van der Waals surface area contributed by atoms with Crippen molar-refractivity contribution in [3.63, 3.8) is 0 Å². The van der Waals surface area contributed by atoms with Gasteiger partial charge in [-0.05, 0) is 6.92 Å². The number of hydrogen-bond acceptors (Lipinski definition) is 4. The van der Waals surface area contributed by atoms with E-state index in [9.17, 15) is 0 Å². The lowest BCUT2D eigenvalue weighted by Crippen LogP contribution is -2.09. The van der Waals surface area contributed by atoms with Gasteiger partial charge in [0.25, 0.3) is 0 Å². The summed E-state index contributed by atoms with van der Waals surface area (Å²) in [6.07, 6.45) is 2.11. The molecular weight excluding hydrogens is 144 g/mol. The lowest BCUT2D eigenvalue weighted by Gasteiger charge is -1.97. The van der Waals surface area contributed by atoms with Crippen LogP contribution in [0.4, 0.5) is 0 Å². The van der Waals surface area contributed by atoms with Crippen molar-refractivity contribution in [3.05, 3.63) is 12.7 Å². The normalized spacial score (nSPS) is 12.9. The Morgan fingerprint density at radius 3 is 2.73 bits per heavy atom. The van der Waals surface area contributed by atoms with Gasteiger partial charge in [0.1, 0.15) is 18.5 Å². The standard InChI is InChI=1S/C7H12N2O2/c1-4-5-7(8-10)6(2)9-11-3/h4,10H,1,5H2,2-3H3. The summed E-state index contributed by atoms with van der Waals surface area (Å²) in [5.41, 5.74) is 1.01. The molecule has 1 N–H and O–H groups in total. The predicted molar refractivity (Wildman–Crippen MR) is 44.2 cm³/mol.